The maximum atomic E-state index is 12.4. The Morgan fingerprint density at radius 2 is 2.00 bits per heavy atom. The minimum Gasteiger partial charge on any atom is -0.496 e. The fourth-order valence-corrected chi connectivity index (χ4v) is 3.30. The zero-order valence-corrected chi connectivity index (χ0v) is 15.5. The maximum absolute atomic E-state index is 12.4. The molecular formula is C16H27N3O4S. The smallest absolute Gasteiger partial charge is 0.240 e. The molecule has 0 saturated carbocycles. The van der Waals surface area contributed by atoms with Crippen molar-refractivity contribution in [2.24, 2.45) is 0 Å². The normalized spacial score (nSPS) is 12.7. The summed E-state index contributed by atoms with van der Waals surface area (Å²) in [5, 5.41) is 5.87. The Labute approximate surface area is 144 Å². The van der Waals surface area contributed by atoms with Crippen molar-refractivity contribution in [3.8, 4) is 5.75 Å². The highest BCUT2D eigenvalue weighted by molar-refractivity contribution is 7.89. The summed E-state index contributed by atoms with van der Waals surface area (Å²) in [5.41, 5.74) is 0.613. The second-order valence-electron chi connectivity index (χ2n) is 5.41. The number of hydrogen-bond acceptors (Lipinski definition) is 5. The summed E-state index contributed by atoms with van der Waals surface area (Å²) in [6, 6.07) is 4.64. The van der Waals surface area contributed by atoms with Crippen LogP contribution >= 0.6 is 0 Å². The molecule has 0 heterocycles. The van der Waals surface area contributed by atoms with Gasteiger partial charge in [-0.1, -0.05) is 13.8 Å². The summed E-state index contributed by atoms with van der Waals surface area (Å²) >= 11 is 0. The Morgan fingerprint density at radius 3 is 2.58 bits per heavy atom. The zero-order valence-electron chi connectivity index (χ0n) is 14.7. The van der Waals surface area contributed by atoms with E-state index in [0.717, 1.165) is 6.54 Å². The molecule has 1 atom stereocenters. The van der Waals surface area contributed by atoms with Crippen molar-refractivity contribution in [3.05, 3.63) is 23.8 Å². The van der Waals surface area contributed by atoms with Crippen molar-refractivity contribution in [2.45, 2.75) is 44.7 Å². The largest absolute Gasteiger partial charge is 0.496 e. The summed E-state index contributed by atoms with van der Waals surface area (Å²) < 4.78 is 32.7. The van der Waals surface area contributed by atoms with Crippen LogP contribution in [0.15, 0.2) is 23.1 Å². The Balaban J connectivity index is 2.92. The number of hydrogen-bond donors (Lipinski definition) is 3. The van der Waals surface area contributed by atoms with Gasteiger partial charge in [0.15, 0.2) is 0 Å². The van der Waals surface area contributed by atoms with Crippen molar-refractivity contribution in [1.82, 2.24) is 15.4 Å². The highest BCUT2D eigenvalue weighted by atomic mass is 32.2. The first-order chi connectivity index (χ1) is 11.3. The number of likely N-dealkylation sites (N-methyl/N-ethyl adjacent to an activating group) is 1. The molecule has 1 aromatic carbocycles. The van der Waals surface area contributed by atoms with Crippen LogP contribution in [0.4, 0.5) is 0 Å². The molecule has 0 aliphatic rings. The predicted molar refractivity (Wildman–Crippen MR) is 93.5 cm³/mol. The molecule has 0 fully saturated rings. The SMILES string of the molecule is CCN[C@H](C)CNS(=O)(=O)c1ccc(OC)c(CNC(=O)CC)c1. The lowest BCUT2D eigenvalue weighted by Gasteiger charge is -2.15. The maximum Gasteiger partial charge on any atom is 0.240 e. The topological polar surface area (TPSA) is 96.5 Å². The van der Waals surface area contributed by atoms with Crippen LogP contribution in [-0.2, 0) is 21.4 Å². The molecule has 1 rings (SSSR count). The van der Waals surface area contributed by atoms with Gasteiger partial charge in [0.05, 0.1) is 12.0 Å². The molecule has 0 radical (unpaired) electrons. The highest BCUT2D eigenvalue weighted by Crippen LogP contribution is 2.22. The molecule has 3 N–H and O–H groups in total. The van der Waals surface area contributed by atoms with E-state index < -0.39 is 10.0 Å². The lowest BCUT2D eigenvalue weighted by atomic mass is 10.2. The van der Waals surface area contributed by atoms with Gasteiger partial charge in [0.2, 0.25) is 15.9 Å². The molecule has 0 spiro atoms. The van der Waals surface area contributed by atoms with Gasteiger partial charge in [-0.2, -0.15) is 0 Å². The van der Waals surface area contributed by atoms with Gasteiger partial charge >= 0.3 is 0 Å². The number of nitrogens with one attached hydrogen (secondary N) is 3. The number of rotatable bonds is 10. The van der Waals surface area contributed by atoms with E-state index in [1.807, 2.05) is 13.8 Å². The first-order valence-electron chi connectivity index (χ1n) is 8.00. The van der Waals surface area contributed by atoms with Gasteiger partial charge in [-0.05, 0) is 31.7 Å². The number of benzene rings is 1. The fourth-order valence-electron chi connectivity index (χ4n) is 2.12. The van der Waals surface area contributed by atoms with Crippen LogP contribution in [0.3, 0.4) is 0 Å². The number of sulfonamides is 1. The molecular weight excluding hydrogens is 330 g/mol. The number of amides is 1. The van der Waals surface area contributed by atoms with Crippen molar-refractivity contribution in [3.63, 3.8) is 0 Å². The fraction of sp³-hybridized carbons (Fsp3) is 0.562. The lowest BCUT2D eigenvalue weighted by Crippen LogP contribution is -2.38. The van der Waals surface area contributed by atoms with Gasteiger partial charge in [-0.15, -0.1) is 0 Å². The molecule has 7 nitrogen and oxygen atoms in total. The third kappa shape index (κ3) is 6.10. The first-order valence-corrected chi connectivity index (χ1v) is 9.49. The van der Waals surface area contributed by atoms with Crippen LogP contribution in [0.2, 0.25) is 0 Å². The van der Waals surface area contributed by atoms with Crippen molar-refractivity contribution in [2.75, 3.05) is 20.2 Å². The van der Waals surface area contributed by atoms with E-state index in [-0.39, 0.29) is 23.4 Å². The number of methoxy groups -OCH3 is 1. The monoisotopic (exact) mass is 357 g/mol. The van der Waals surface area contributed by atoms with Crippen LogP contribution in [-0.4, -0.2) is 40.6 Å². The molecule has 24 heavy (non-hydrogen) atoms. The highest BCUT2D eigenvalue weighted by Gasteiger charge is 2.17. The molecule has 1 amide bonds. The number of carbonyl (C=O) groups is 1. The average molecular weight is 357 g/mol. The molecule has 0 saturated heterocycles. The predicted octanol–water partition coefficient (Wildman–Crippen LogP) is 0.998. The minimum absolute atomic E-state index is 0.0336. The average Bonchev–Trinajstić information content (AvgIpc) is 2.57. The second-order valence-corrected chi connectivity index (χ2v) is 7.18. The van der Waals surface area contributed by atoms with Crippen LogP contribution < -0.4 is 20.1 Å². The van der Waals surface area contributed by atoms with E-state index in [1.54, 1.807) is 13.0 Å². The third-order valence-electron chi connectivity index (χ3n) is 3.49. The summed E-state index contributed by atoms with van der Waals surface area (Å²) in [4.78, 5) is 11.6. The summed E-state index contributed by atoms with van der Waals surface area (Å²) in [6.45, 7) is 6.91. The van der Waals surface area contributed by atoms with E-state index in [9.17, 15) is 13.2 Å². The Morgan fingerprint density at radius 1 is 1.29 bits per heavy atom. The number of carbonyl (C=O) groups excluding carboxylic acids is 1. The van der Waals surface area contributed by atoms with E-state index in [2.05, 4.69) is 15.4 Å². The van der Waals surface area contributed by atoms with Gasteiger partial charge < -0.3 is 15.4 Å². The summed E-state index contributed by atoms with van der Waals surface area (Å²) in [7, 11) is -2.12. The quantitative estimate of drug-likeness (QED) is 0.580. The standard InChI is InChI=1S/C16H27N3O4S/c1-5-16(20)18-11-13-9-14(7-8-15(13)23-4)24(21,22)19-10-12(3)17-6-2/h7-9,12,17,19H,5-6,10-11H2,1-4H3,(H,18,20)/t12-/m1/s1. The molecule has 0 bridgehead atoms. The van der Waals surface area contributed by atoms with Gasteiger partial charge in [0, 0.05) is 31.1 Å². The second kappa shape index (κ2) is 9.61. The molecule has 136 valence electrons. The van der Waals surface area contributed by atoms with Crippen LogP contribution in [0.1, 0.15) is 32.8 Å². The van der Waals surface area contributed by atoms with Gasteiger partial charge in [0.1, 0.15) is 5.75 Å². The van der Waals surface area contributed by atoms with E-state index in [0.29, 0.717) is 24.3 Å². The Bertz CT molecular complexity index is 647. The molecule has 1 aromatic rings. The molecule has 0 aliphatic heterocycles. The first kappa shape index (κ1) is 20.4. The molecule has 0 aliphatic carbocycles. The van der Waals surface area contributed by atoms with Crippen LogP contribution in [0.5, 0.6) is 5.75 Å². The third-order valence-corrected chi connectivity index (χ3v) is 4.91. The lowest BCUT2D eigenvalue weighted by molar-refractivity contribution is -0.120. The molecule has 0 aromatic heterocycles. The number of ether oxygens (including phenoxy) is 1. The molecule has 0 unspecified atom stereocenters. The van der Waals surface area contributed by atoms with E-state index in [1.165, 1.54) is 19.2 Å². The summed E-state index contributed by atoms with van der Waals surface area (Å²) in [6.07, 6.45) is 0.365. The zero-order chi connectivity index (χ0) is 18.2. The summed E-state index contributed by atoms with van der Waals surface area (Å²) in [5.74, 6) is 0.425. The van der Waals surface area contributed by atoms with Gasteiger partial charge in [0.25, 0.3) is 0 Å². The van der Waals surface area contributed by atoms with E-state index in [4.69, 9.17) is 4.74 Å². The Hall–Kier alpha value is -1.64. The van der Waals surface area contributed by atoms with Crippen LogP contribution in [0.25, 0.3) is 0 Å². The minimum atomic E-state index is -3.62. The van der Waals surface area contributed by atoms with Crippen molar-refractivity contribution >= 4 is 15.9 Å². The van der Waals surface area contributed by atoms with Gasteiger partial charge in [-0.3, -0.25) is 4.79 Å². The van der Waals surface area contributed by atoms with Crippen molar-refractivity contribution in [1.29, 1.82) is 0 Å². The van der Waals surface area contributed by atoms with Gasteiger partial charge in [-0.25, -0.2) is 13.1 Å². The van der Waals surface area contributed by atoms with E-state index >= 15 is 0 Å². The molecule has 8 heteroatoms. The Kier molecular flexibility index (Phi) is 8.17. The van der Waals surface area contributed by atoms with Crippen LogP contribution in [0, 0.1) is 0 Å². The van der Waals surface area contributed by atoms with Crippen molar-refractivity contribution < 1.29 is 17.9 Å².